The molecule has 0 saturated carbocycles. The predicted molar refractivity (Wildman–Crippen MR) is 65.4 cm³/mol. The maximum Gasteiger partial charge on any atom is 0.0558 e. The number of nitrogens with one attached hydrogen (secondary N) is 1. The van der Waals surface area contributed by atoms with Crippen molar-refractivity contribution in [1.82, 2.24) is 10.2 Å². The summed E-state index contributed by atoms with van der Waals surface area (Å²) in [6.45, 7) is 6.24. The summed E-state index contributed by atoms with van der Waals surface area (Å²) in [6, 6.07) is 0.476. The second-order valence-corrected chi connectivity index (χ2v) is 4.75. The van der Waals surface area contributed by atoms with E-state index in [4.69, 9.17) is 10.2 Å². The van der Waals surface area contributed by atoms with Crippen molar-refractivity contribution in [1.29, 1.82) is 0 Å². The summed E-state index contributed by atoms with van der Waals surface area (Å²) in [5.74, 6) is 0.737. The summed E-state index contributed by atoms with van der Waals surface area (Å²) in [7, 11) is 0. The number of hydrogen-bond donors (Lipinski definition) is 3. The largest absolute Gasteiger partial charge is 0.395 e. The Morgan fingerprint density at radius 2 is 2.06 bits per heavy atom. The molecule has 1 aliphatic rings. The van der Waals surface area contributed by atoms with Gasteiger partial charge in [0.2, 0.25) is 0 Å². The summed E-state index contributed by atoms with van der Waals surface area (Å²) in [5, 5.41) is 21.2. The zero-order valence-corrected chi connectivity index (χ0v) is 10.4. The molecule has 1 heterocycles. The van der Waals surface area contributed by atoms with Crippen LogP contribution < -0.4 is 5.32 Å². The average molecular weight is 230 g/mol. The highest BCUT2D eigenvalue weighted by atomic mass is 16.3. The number of nitrogens with zero attached hydrogens (tertiary/aromatic N) is 1. The van der Waals surface area contributed by atoms with Crippen molar-refractivity contribution in [2.75, 3.05) is 39.4 Å². The molecule has 2 unspecified atom stereocenters. The summed E-state index contributed by atoms with van der Waals surface area (Å²) in [5.41, 5.74) is 0. The van der Waals surface area contributed by atoms with E-state index in [1.807, 2.05) is 0 Å². The van der Waals surface area contributed by atoms with E-state index in [1.54, 1.807) is 0 Å². The molecule has 0 aromatic rings. The number of likely N-dealkylation sites (tertiary alicyclic amines) is 1. The Morgan fingerprint density at radius 1 is 1.25 bits per heavy atom. The van der Waals surface area contributed by atoms with E-state index in [2.05, 4.69) is 17.1 Å². The first kappa shape index (κ1) is 13.9. The van der Waals surface area contributed by atoms with E-state index in [0.717, 1.165) is 25.6 Å². The van der Waals surface area contributed by atoms with Crippen LogP contribution in [0.4, 0.5) is 0 Å². The molecule has 16 heavy (non-hydrogen) atoms. The Balaban J connectivity index is 2.38. The van der Waals surface area contributed by atoms with E-state index >= 15 is 0 Å². The summed E-state index contributed by atoms with van der Waals surface area (Å²) < 4.78 is 0. The first-order valence-corrected chi connectivity index (χ1v) is 6.47. The molecule has 1 fully saturated rings. The molecule has 0 aliphatic carbocycles. The van der Waals surface area contributed by atoms with Crippen LogP contribution in [0.3, 0.4) is 0 Å². The van der Waals surface area contributed by atoms with Crippen molar-refractivity contribution in [3.05, 3.63) is 0 Å². The molecule has 3 N–H and O–H groups in total. The zero-order chi connectivity index (χ0) is 11.8. The topological polar surface area (TPSA) is 55.7 Å². The van der Waals surface area contributed by atoms with Crippen LogP contribution in [0.5, 0.6) is 0 Å². The van der Waals surface area contributed by atoms with Gasteiger partial charge in [0.05, 0.1) is 13.2 Å². The molecule has 96 valence electrons. The molecule has 0 bridgehead atoms. The van der Waals surface area contributed by atoms with Gasteiger partial charge >= 0.3 is 0 Å². The van der Waals surface area contributed by atoms with Gasteiger partial charge in [0, 0.05) is 32.2 Å². The van der Waals surface area contributed by atoms with E-state index < -0.39 is 0 Å². The third kappa shape index (κ3) is 4.78. The lowest BCUT2D eigenvalue weighted by Gasteiger charge is -2.38. The molecule has 1 aliphatic heterocycles. The molecule has 0 radical (unpaired) electrons. The van der Waals surface area contributed by atoms with E-state index in [1.165, 1.54) is 19.3 Å². The highest BCUT2D eigenvalue weighted by Crippen LogP contribution is 2.20. The lowest BCUT2D eigenvalue weighted by molar-refractivity contribution is 0.110. The van der Waals surface area contributed by atoms with Crippen molar-refractivity contribution in [2.45, 2.75) is 32.2 Å². The molecule has 1 saturated heterocycles. The van der Waals surface area contributed by atoms with Gasteiger partial charge in [0.1, 0.15) is 0 Å². The van der Waals surface area contributed by atoms with E-state index in [0.29, 0.717) is 12.6 Å². The van der Waals surface area contributed by atoms with Crippen LogP contribution in [0.1, 0.15) is 26.2 Å². The van der Waals surface area contributed by atoms with Gasteiger partial charge in [-0.25, -0.2) is 0 Å². The predicted octanol–water partition coefficient (Wildman–Crippen LogP) is 0.0512. The van der Waals surface area contributed by atoms with Crippen molar-refractivity contribution in [3.8, 4) is 0 Å². The lowest BCUT2D eigenvalue weighted by atomic mass is 9.90. The van der Waals surface area contributed by atoms with Crippen LogP contribution in [0.15, 0.2) is 0 Å². The van der Waals surface area contributed by atoms with Crippen molar-refractivity contribution >= 4 is 0 Å². The minimum absolute atomic E-state index is 0.203. The van der Waals surface area contributed by atoms with Gasteiger partial charge in [0.25, 0.3) is 0 Å². The van der Waals surface area contributed by atoms with Crippen LogP contribution >= 0.6 is 0 Å². The Kier molecular flexibility index (Phi) is 6.96. The van der Waals surface area contributed by atoms with Crippen LogP contribution in [0.25, 0.3) is 0 Å². The number of β-amino-alcohol motifs (C(OH)–C–C–N with tert-alkyl or cyclic N) is 1. The summed E-state index contributed by atoms with van der Waals surface area (Å²) >= 11 is 0. The number of aliphatic hydroxyl groups excluding tert-OH is 2. The van der Waals surface area contributed by atoms with Crippen LogP contribution in [0.2, 0.25) is 0 Å². The second kappa shape index (κ2) is 8.01. The van der Waals surface area contributed by atoms with Crippen LogP contribution in [-0.2, 0) is 0 Å². The van der Waals surface area contributed by atoms with Gasteiger partial charge in [-0.1, -0.05) is 13.3 Å². The minimum Gasteiger partial charge on any atom is -0.395 e. The summed E-state index contributed by atoms with van der Waals surface area (Å²) in [4.78, 5) is 2.33. The average Bonchev–Trinajstić information content (AvgIpc) is 2.27. The normalized spacial score (nSPS) is 27.2. The Bertz CT molecular complexity index is 164. The maximum absolute atomic E-state index is 8.99. The monoisotopic (exact) mass is 230 g/mol. The molecule has 4 heteroatoms. The van der Waals surface area contributed by atoms with Crippen molar-refractivity contribution in [2.24, 2.45) is 5.92 Å². The van der Waals surface area contributed by atoms with Gasteiger partial charge in [0.15, 0.2) is 0 Å². The molecule has 1 rings (SSSR count). The molecular weight excluding hydrogens is 204 g/mol. The molecule has 0 aromatic heterocycles. The van der Waals surface area contributed by atoms with E-state index in [9.17, 15) is 0 Å². The van der Waals surface area contributed by atoms with Gasteiger partial charge in [-0.2, -0.15) is 0 Å². The highest BCUT2D eigenvalue weighted by Gasteiger charge is 2.25. The first-order chi connectivity index (χ1) is 7.80. The fourth-order valence-corrected chi connectivity index (χ4v) is 2.66. The fourth-order valence-electron chi connectivity index (χ4n) is 2.66. The standard InChI is InChI=1S/C12H26N2O2/c1-2-3-11-8-12(13-4-6-15)10-14(9-11)5-7-16/h11-13,15-16H,2-10H2,1H3. The van der Waals surface area contributed by atoms with E-state index in [-0.39, 0.29) is 13.2 Å². The number of rotatable bonds is 7. The molecular formula is C12H26N2O2. The lowest BCUT2D eigenvalue weighted by Crippen LogP contribution is -2.50. The third-order valence-electron chi connectivity index (χ3n) is 3.27. The molecule has 0 spiro atoms. The molecule has 2 atom stereocenters. The van der Waals surface area contributed by atoms with Gasteiger partial charge < -0.3 is 15.5 Å². The quantitative estimate of drug-likeness (QED) is 0.578. The Hall–Kier alpha value is -0.160. The summed E-state index contributed by atoms with van der Waals surface area (Å²) in [6.07, 6.45) is 3.69. The van der Waals surface area contributed by atoms with Gasteiger partial charge in [-0.15, -0.1) is 0 Å². The van der Waals surface area contributed by atoms with Crippen molar-refractivity contribution in [3.63, 3.8) is 0 Å². The second-order valence-electron chi connectivity index (χ2n) is 4.75. The number of piperidine rings is 1. The minimum atomic E-state index is 0.203. The number of hydrogen-bond acceptors (Lipinski definition) is 4. The zero-order valence-electron chi connectivity index (χ0n) is 10.4. The fraction of sp³-hybridized carbons (Fsp3) is 1.00. The SMILES string of the molecule is CCCC1CC(NCCO)CN(CCO)C1. The van der Waals surface area contributed by atoms with Crippen LogP contribution in [-0.4, -0.2) is 60.5 Å². The Morgan fingerprint density at radius 3 is 2.69 bits per heavy atom. The number of aliphatic hydroxyl groups is 2. The smallest absolute Gasteiger partial charge is 0.0558 e. The highest BCUT2D eigenvalue weighted by molar-refractivity contribution is 4.83. The first-order valence-electron chi connectivity index (χ1n) is 6.47. The van der Waals surface area contributed by atoms with Gasteiger partial charge in [-0.05, 0) is 18.8 Å². The molecule has 0 aromatic carbocycles. The maximum atomic E-state index is 8.99. The Labute approximate surface area is 98.6 Å². The van der Waals surface area contributed by atoms with Crippen molar-refractivity contribution < 1.29 is 10.2 Å². The van der Waals surface area contributed by atoms with Gasteiger partial charge in [-0.3, -0.25) is 4.90 Å². The molecule has 0 amide bonds. The molecule has 4 nitrogen and oxygen atoms in total. The third-order valence-corrected chi connectivity index (χ3v) is 3.27. The van der Waals surface area contributed by atoms with Crippen LogP contribution in [0, 0.1) is 5.92 Å².